The first-order valence-corrected chi connectivity index (χ1v) is 7.13. The van der Waals surface area contributed by atoms with Crippen molar-refractivity contribution in [2.75, 3.05) is 13.1 Å². The summed E-state index contributed by atoms with van der Waals surface area (Å²) in [6.45, 7) is 2.29. The lowest BCUT2D eigenvalue weighted by Gasteiger charge is -2.47. The molecule has 4 heterocycles. The molecule has 0 saturated carbocycles. The summed E-state index contributed by atoms with van der Waals surface area (Å²) in [4.78, 5) is 25.8. The summed E-state index contributed by atoms with van der Waals surface area (Å²) in [5, 5.41) is 7.56. The van der Waals surface area contributed by atoms with Crippen LogP contribution >= 0.6 is 0 Å². The number of likely N-dealkylation sites (tertiary alicyclic amines) is 1. The van der Waals surface area contributed by atoms with Crippen LogP contribution in [0.5, 0.6) is 0 Å². The van der Waals surface area contributed by atoms with Crippen molar-refractivity contribution in [3.63, 3.8) is 0 Å². The number of nitrogens with zero attached hydrogens (tertiary/aromatic N) is 4. The van der Waals surface area contributed by atoms with Crippen LogP contribution in [0.4, 0.5) is 0 Å². The third-order valence-corrected chi connectivity index (χ3v) is 4.52. The Bertz CT molecular complexity index is 784. The van der Waals surface area contributed by atoms with Gasteiger partial charge in [0.25, 0.3) is 5.56 Å². The van der Waals surface area contributed by atoms with Crippen LogP contribution in [0.2, 0.25) is 0 Å². The zero-order valence-corrected chi connectivity index (χ0v) is 11.9. The van der Waals surface area contributed by atoms with Gasteiger partial charge in [-0.1, -0.05) is 0 Å². The molecule has 0 aromatic carbocycles. The molecular formula is C14H17N5O2. The maximum Gasteiger partial charge on any atom is 0.277 e. The van der Waals surface area contributed by atoms with Crippen LogP contribution in [0, 0.1) is 0 Å². The van der Waals surface area contributed by atoms with Crippen molar-refractivity contribution in [2.45, 2.75) is 24.9 Å². The fourth-order valence-electron chi connectivity index (χ4n) is 3.38. The first-order valence-electron chi connectivity index (χ1n) is 7.13. The molecule has 21 heavy (non-hydrogen) atoms. The van der Waals surface area contributed by atoms with Gasteiger partial charge in [0.2, 0.25) is 5.91 Å². The highest BCUT2D eigenvalue weighted by atomic mass is 16.2. The van der Waals surface area contributed by atoms with Crippen molar-refractivity contribution in [3.05, 3.63) is 34.5 Å². The molecule has 1 amide bonds. The highest BCUT2D eigenvalue weighted by Crippen LogP contribution is 2.31. The van der Waals surface area contributed by atoms with Crippen LogP contribution in [0.15, 0.2) is 23.1 Å². The van der Waals surface area contributed by atoms with Crippen LogP contribution in [-0.4, -0.2) is 43.6 Å². The summed E-state index contributed by atoms with van der Waals surface area (Å²) in [5.74, 6) is 0.886. The largest absolute Gasteiger partial charge is 0.348 e. The number of nitrogens with one attached hydrogen (secondary N) is 1. The third kappa shape index (κ3) is 1.88. The molecule has 0 bridgehead atoms. The molecule has 1 N–H and O–H groups in total. The molecule has 110 valence electrons. The van der Waals surface area contributed by atoms with Crippen LogP contribution in [0.1, 0.15) is 18.7 Å². The second-order valence-corrected chi connectivity index (χ2v) is 6.09. The molecule has 7 heteroatoms. The summed E-state index contributed by atoms with van der Waals surface area (Å²) >= 11 is 0. The molecule has 2 fully saturated rings. The summed E-state index contributed by atoms with van der Waals surface area (Å²) < 4.78 is 3.23. The Hall–Kier alpha value is -2.15. The van der Waals surface area contributed by atoms with Crippen molar-refractivity contribution in [3.8, 4) is 0 Å². The van der Waals surface area contributed by atoms with E-state index in [9.17, 15) is 9.59 Å². The number of hydrogen-bond acceptors (Lipinski definition) is 4. The van der Waals surface area contributed by atoms with E-state index in [1.54, 1.807) is 28.4 Å². The Morgan fingerprint density at radius 1 is 1.38 bits per heavy atom. The second kappa shape index (κ2) is 4.17. The van der Waals surface area contributed by atoms with Gasteiger partial charge >= 0.3 is 0 Å². The van der Waals surface area contributed by atoms with E-state index in [1.807, 2.05) is 6.07 Å². The highest BCUT2D eigenvalue weighted by molar-refractivity contribution is 5.79. The Labute approximate surface area is 121 Å². The standard InChI is InChI=1S/C14H17N5O2/c1-17-11(16-19-6-2-3-10(19)13(17)21)7-18-8-14(9-18)5-4-12(20)15-14/h2-3,6H,4-5,7-9H2,1H3,(H,15,20). The molecule has 0 radical (unpaired) electrons. The van der Waals surface area contributed by atoms with Crippen LogP contribution in [0.3, 0.4) is 0 Å². The van der Waals surface area contributed by atoms with Gasteiger partial charge in [0.05, 0.1) is 12.1 Å². The fourth-order valence-corrected chi connectivity index (χ4v) is 3.38. The number of fused-ring (bicyclic) bond motifs is 1. The minimum absolute atomic E-state index is 0.0330. The third-order valence-electron chi connectivity index (χ3n) is 4.52. The molecule has 0 unspecified atom stereocenters. The zero-order valence-electron chi connectivity index (χ0n) is 11.9. The van der Waals surface area contributed by atoms with Gasteiger partial charge in [-0.05, 0) is 18.6 Å². The lowest BCUT2D eigenvalue weighted by atomic mass is 9.88. The first-order chi connectivity index (χ1) is 10.1. The SMILES string of the molecule is Cn1c(CN2CC3(CCC(=O)N3)C2)nn2cccc2c1=O. The molecule has 4 rings (SSSR count). The van der Waals surface area contributed by atoms with Gasteiger partial charge in [0, 0.05) is 32.8 Å². The lowest BCUT2D eigenvalue weighted by molar-refractivity contribution is -0.120. The molecule has 0 atom stereocenters. The van der Waals surface area contributed by atoms with Crippen molar-refractivity contribution < 1.29 is 4.79 Å². The van der Waals surface area contributed by atoms with Crippen molar-refractivity contribution in [1.82, 2.24) is 24.4 Å². The van der Waals surface area contributed by atoms with E-state index < -0.39 is 0 Å². The minimum atomic E-state index is -0.0342. The predicted octanol–water partition coefficient (Wildman–Crippen LogP) is -0.503. The average Bonchev–Trinajstić information content (AvgIpc) is 3.02. The van der Waals surface area contributed by atoms with Gasteiger partial charge in [0.1, 0.15) is 11.3 Å². The smallest absolute Gasteiger partial charge is 0.277 e. The predicted molar refractivity (Wildman–Crippen MR) is 75.8 cm³/mol. The monoisotopic (exact) mass is 287 g/mol. The lowest BCUT2D eigenvalue weighted by Crippen LogP contribution is -2.66. The van der Waals surface area contributed by atoms with E-state index in [0.29, 0.717) is 18.5 Å². The molecular weight excluding hydrogens is 270 g/mol. The number of amides is 1. The second-order valence-electron chi connectivity index (χ2n) is 6.09. The van der Waals surface area contributed by atoms with Gasteiger partial charge in [-0.3, -0.25) is 19.1 Å². The Morgan fingerprint density at radius 2 is 2.19 bits per heavy atom. The van der Waals surface area contributed by atoms with E-state index >= 15 is 0 Å². The molecule has 1 spiro atoms. The summed E-state index contributed by atoms with van der Waals surface area (Å²) in [7, 11) is 1.75. The van der Waals surface area contributed by atoms with Crippen molar-refractivity contribution in [2.24, 2.45) is 7.05 Å². The molecule has 2 aliphatic heterocycles. The highest BCUT2D eigenvalue weighted by Gasteiger charge is 2.47. The summed E-state index contributed by atoms with van der Waals surface area (Å²) in [6.07, 6.45) is 3.32. The van der Waals surface area contributed by atoms with E-state index in [0.717, 1.165) is 25.3 Å². The average molecular weight is 287 g/mol. The fraction of sp³-hybridized carbons (Fsp3) is 0.500. The summed E-state index contributed by atoms with van der Waals surface area (Å²) in [6, 6.07) is 3.59. The van der Waals surface area contributed by atoms with E-state index in [1.165, 1.54) is 0 Å². The van der Waals surface area contributed by atoms with Gasteiger partial charge in [-0.2, -0.15) is 5.10 Å². The Balaban J connectivity index is 1.55. The molecule has 2 saturated heterocycles. The summed E-state index contributed by atoms with van der Waals surface area (Å²) in [5.41, 5.74) is 0.520. The quantitative estimate of drug-likeness (QED) is 0.808. The van der Waals surface area contributed by atoms with Crippen LogP contribution in [0.25, 0.3) is 5.52 Å². The van der Waals surface area contributed by atoms with E-state index in [-0.39, 0.29) is 17.0 Å². The molecule has 2 aromatic rings. The maximum atomic E-state index is 12.2. The van der Waals surface area contributed by atoms with Crippen molar-refractivity contribution >= 4 is 11.4 Å². The van der Waals surface area contributed by atoms with Crippen LogP contribution in [-0.2, 0) is 18.4 Å². The van der Waals surface area contributed by atoms with Gasteiger partial charge in [-0.15, -0.1) is 0 Å². The topological polar surface area (TPSA) is 71.6 Å². The van der Waals surface area contributed by atoms with Crippen molar-refractivity contribution in [1.29, 1.82) is 0 Å². The first kappa shape index (κ1) is 12.6. The van der Waals surface area contributed by atoms with Gasteiger partial charge in [-0.25, -0.2) is 4.52 Å². The minimum Gasteiger partial charge on any atom is -0.348 e. The molecule has 0 aliphatic carbocycles. The molecule has 2 aromatic heterocycles. The normalized spacial score (nSPS) is 20.9. The van der Waals surface area contributed by atoms with E-state index in [4.69, 9.17) is 0 Å². The number of aromatic nitrogens is 3. The maximum absolute atomic E-state index is 12.2. The molecule has 7 nitrogen and oxygen atoms in total. The number of hydrogen-bond donors (Lipinski definition) is 1. The van der Waals surface area contributed by atoms with Gasteiger partial charge in [0.15, 0.2) is 0 Å². The van der Waals surface area contributed by atoms with Crippen LogP contribution < -0.4 is 10.9 Å². The molecule has 2 aliphatic rings. The number of carbonyl (C=O) groups is 1. The Morgan fingerprint density at radius 3 is 2.90 bits per heavy atom. The number of carbonyl (C=O) groups excluding carboxylic acids is 1. The Kier molecular flexibility index (Phi) is 2.50. The van der Waals surface area contributed by atoms with E-state index in [2.05, 4.69) is 15.3 Å². The number of rotatable bonds is 2. The van der Waals surface area contributed by atoms with Gasteiger partial charge < -0.3 is 5.32 Å². The zero-order chi connectivity index (χ0) is 14.6.